The van der Waals surface area contributed by atoms with E-state index in [0.717, 1.165) is 22.9 Å². The summed E-state index contributed by atoms with van der Waals surface area (Å²) in [4.78, 5) is 11.1. The fraction of sp³-hybridized carbons (Fsp3) is 0.667. The van der Waals surface area contributed by atoms with Crippen LogP contribution in [0.4, 0.5) is 5.95 Å². The monoisotopic (exact) mass is 283 g/mol. The topological polar surface area (TPSA) is 29.0 Å². The van der Waals surface area contributed by atoms with Crippen molar-refractivity contribution in [3.8, 4) is 0 Å². The number of nitrogens with zero attached hydrogens (tertiary/aromatic N) is 3. The van der Waals surface area contributed by atoms with Gasteiger partial charge in [0, 0.05) is 25.0 Å². The molecule has 16 heavy (non-hydrogen) atoms. The highest BCUT2D eigenvalue weighted by Crippen LogP contribution is 2.29. The predicted molar refractivity (Wildman–Crippen MR) is 69.5 cm³/mol. The van der Waals surface area contributed by atoms with Gasteiger partial charge in [-0.25, -0.2) is 9.97 Å². The number of rotatable bonds is 1. The van der Waals surface area contributed by atoms with Gasteiger partial charge in [-0.15, -0.1) is 0 Å². The molecule has 0 aromatic carbocycles. The van der Waals surface area contributed by atoms with Gasteiger partial charge in [-0.3, -0.25) is 0 Å². The Labute approximate surface area is 105 Å². The normalized spacial score (nSPS) is 30.5. The van der Waals surface area contributed by atoms with E-state index in [2.05, 4.69) is 51.6 Å². The van der Waals surface area contributed by atoms with Crippen LogP contribution < -0.4 is 4.90 Å². The zero-order chi connectivity index (χ0) is 11.7. The molecule has 3 nitrogen and oxygen atoms in total. The van der Waals surface area contributed by atoms with Gasteiger partial charge in [0.1, 0.15) is 0 Å². The molecule has 2 heterocycles. The first-order chi connectivity index (χ1) is 7.58. The number of aromatic nitrogens is 2. The highest BCUT2D eigenvalue weighted by molar-refractivity contribution is 9.10. The first-order valence-corrected chi connectivity index (χ1v) is 6.61. The molecule has 1 aliphatic heterocycles. The van der Waals surface area contributed by atoms with E-state index in [-0.39, 0.29) is 0 Å². The van der Waals surface area contributed by atoms with Crippen LogP contribution in [0, 0.1) is 11.8 Å². The Hall–Kier alpha value is -0.640. The SMILES string of the molecule is CC1CC(C)C(C)N(c2ncc(Br)cn2)C1. The number of hydrogen-bond acceptors (Lipinski definition) is 3. The summed E-state index contributed by atoms with van der Waals surface area (Å²) in [6, 6.07) is 0.525. The van der Waals surface area contributed by atoms with Crippen molar-refractivity contribution in [2.24, 2.45) is 11.8 Å². The molecule has 0 spiro atoms. The molecule has 0 aliphatic carbocycles. The molecule has 0 bridgehead atoms. The van der Waals surface area contributed by atoms with Crippen LogP contribution in [0.3, 0.4) is 0 Å². The van der Waals surface area contributed by atoms with E-state index in [4.69, 9.17) is 0 Å². The molecule has 1 aliphatic rings. The van der Waals surface area contributed by atoms with E-state index < -0.39 is 0 Å². The fourth-order valence-corrected chi connectivity index (χ4v) is 2.64. The molecule has 1 aromatic rings. The van der Waals surface area contributed by atoms with Crippen LogP contribution in [0.5, 0.6) is 0 Å². The van der Waals surface area contributed by atoms with Gasteiger partial charge in [-0.05, 0) is 41.1 Å². The van der Waals surface area contributed by atoms with Gasteiger partial charge in [0.15, 0.2) is 0 Å². The lowest BCUT2D eigenvalue weighted by molar-refractivity contribution is 0.294. The Morgan fingerprint density at radius 1 is 1.25 bits per heavy atom. The van der Waals surface area contributed by atoms with Crippen LogP contribution in [0.15, 0.2) is 16.9 Å². The summed E-state index contributed by atoms with van der Waals surface area (Å²) >= 11 is 3.36. The molecule has 0 N–H and O–H groups in total. The Bertz CT molecular complexity index is 352. The minimum absolute atomic E-state index is 0.525. The van der Waals surface area contributed by atoms with Gasteiger partial charge < -0.3 is 4.90 Å². The first kappa shape index (κ1) is 11.8. The summed E-state index contributed by atoms with van der Waals surface area (Å²) in [5.74, 6) is 2.28. The summed E-state index contributed by atoms with van der Waals surface area (Å²) < 4.78 is 0.932. The van der Waals surface area contributed by atoms with Gasteiger partial charge in [0.2, 0.25) is 5.95 Å². The van der Waals surface area contributed by atoms with Crippen LogP contribution in [-0.2, 0) is 0 Å². The molecule has 1 fully saturated rings. The lowest BCUT2D eigenvalue weighted by Gasteiger charge is -2.41. The van der Waals surface area contributed by atoms with Gasteiger partial charge >= 0.3 is 0 Å². The van der Waals surface area contributed by atoms with Crippen LogP contribution in [0.1, 0.15) is 27.2 Å². The third-order valence-corrected chi connectivity index (χ3v) is 3.87. The maximum atomic E-state index is 4.39. The van der Waals surface area contributed by atoms with Crippen molar-refractivity contribution in [3.05, 3.63) is 16.9 Å². The average Bonchev–Trinajstić information content (AvgIpc) is 2.25. The van der Waals surface area contributed by atoms with E-state index in [0.29, 0.717) is 12.0 Å². The van der Waals surface area contributed by atoms with Gasteiger partial charge in [-0.1, -0.05) is 13.8 Å². The molecule has 88 valence electrons. The fourth-order valence-electron chi connectivity index (χ4n) is 2.43. The third-order valence-electron chi connectivity index (χ3n) is 3.46. The highest BCUT2D eigenvalue weighted by atomic mass is 79.9. The van der Waals surface area contributed by atoms with E-state index >= 15 is 0 Å². The summed E-state index contributed by atoms with van der Waals surface area (Å²) in [6.45, 7) is 7.94. The molecular weight excluding hydrogens is 266 g/mol. The number of halogens is 1. The summed E-state index contributed by atoms with van der Waals surface area (Å²) in [6.07, 6.45) is 4.94. The van der Waals surface area contributed by atoms with Crippen molar-refractivity contribution >= 4 is 21.9 Å². The molecule has 0 radical (unpaired) electrons. The smallest absolute Gasteiger partial charge is 0.225 e. The molecule has 1 saturated heterocycles. The van der Waals surface area contributed by atoms with E-state index in [1.54, 1.807) is 0 Å². The Morgan fingerprint density at radius 3 is 2.50 bits per heavy atom. The zero-order valence-corrected chi connectivity index (χ0v) is 11.6. The quantitative estimate of drug-likeness (QED) is 0.793. The zero-order valence-electron chi connectivity index (χ0n) is 10.0. The van der Waals surface area contributed by atoms with Crippen molar-refractivity contribution in [2.75, 3.05) is 11.4 Å². The third kappa shape index (κ3) is 2.37. The minimum Gasteiger partial charge on any atom is -0.338 e. The van der Waals surface area contributed by atoms with E-state index in [9.17, 15) is 0 Å². The molecule has 4 heteroatoms. The van der Waals surface area contributed by atoms with Crippen LogP contribution in [0.25, 0.3) is 0 Å². The number of hydrogen-bond donors (Lipinski definition) is 0. The lowest BCUT2D eigenvalue weighted by Crippen LogP contribution is -2.46. The largest absolute Gasteiger partial charge is 0.338 e. The summed E-state index contributed by atoms with van der Waals surface area (Å²) in [5, 5.41) is 0. The Kier molecular flexibility index (Phi) is 3.47. The maximum absolute atomic E-state index is 4.39. The molecule has 0 amide bonds. The first-order valence-electron chi connectivity index (χ1n) is 5.82. The van der Waals surface area contributed by atoms with Crippen molar-refractivity contribution in [1.29, 1.82) is 0 Å². The van der Waals surface area contributed by atoms with Crippen LogP contribution >= 0.6 is 15.9 Å². The highest BCUT2D eigenvalue weighted by Gasteiger charge is 2.30. The molecular formula is C12H18BrN3. The van der Waals surface area contributed by atoms with Crippen molar-refractivity contribution in [3.63, 3.8) is 0 Å². The number of piperidine rings is 1. The maximum Gasteiger partial charge on any atom is 0.225 e. The molecule has 3 atom stereocenters. The van der Waals surface area contributed by atoms with Gasteiger partial charge in [-0.2, -0.15) is 0 Å². The summed E-state index contributed by atoms with van der Waals surface area (Å²) in [7, 11) is 0. The Balaban J connectivity index is 2.21. The second kappa shape index (κ2) is 4.70. The second-order valence-electron chi connectivity index (χ2n) is 4.91. The van der Waals surface area contributed by atoms with Crippen molar-refractivity contribution in [1.82, 2.24) is 9.97 Å². The lowest BCUT2D eigenvalue weighted by atomic mass is 9.86. The second-order valence-corrected chi connectivity index (χ2v) is 5.83. The molecule has 3 unspecified atom stereocenters. The molecule has 2 rings (SSSR count). The van der Waals surface area contributed by atoms with Crippen molar-refractivity contribution in [2.45, 2.75) is 33.2 Å². The van der Waals surface area contributed by atoms with Gasteiger partial charge in [0.05, 0.1) is 4.47 Å². The van der Waals surface area contributed by atoms with Crippen LogP contribution in [0.2, 0.25) is 0 Å². The van der Waals surface area contributed by atoms with Crippen LogP contribution in [-0.4, -0.2) is 22.6 Å². The Morgan fingerprint density at radius 2 is 1.88 bits per heavy atom. The number of anilines is 1. The summed E-state index contributed by atoms with van der Waals surface area (Å²) in [5.41, 5.74) is 0. The standard InChI is InChI=1S/C12H18BrN3/c1-8-4-9(2)10(3)16(7-8)12-14-5-11(13)6-15-12/h5-6,8-10H,4,7H2,1-3H3. The van der Waals surface area contributed by atoms with E-state index in [1.807, 2.05) is 12.4 Å². The molecule has 0 saturated carbocycles. The minimum atomic E-state index is 0.525. The molecule has 1 aromatic heterocycles. The van der Waals surface area contributed by atoms with E-state index in [1.165, 1.54) is 6.42 Å². The average molecular weight is 284 g/mol. The predicted octanol–water partition coefficient (Wildman–Crippen LogP) is 3.11. The van der Waals surface area contributed by atoms with Gasteiger partial charge in [0.25, 0.3) is 0 Å². The van der Waals surface area contributed by atoms with Crippen molar-refractivity contribution < 1.29 is 0 Å².